The van der Waals surface area contributed by atoms with Gasteiger partial charge in [0.15, 0.2) is 0 Å². The molecule has 0 aliphatic rings. The normalized spacial score (nSPS) is 12.1. The van der Waals surface area contributed by atoms with Crippen LogP contribution in [0.1, 0.15) is 25.1 Å². The average Bonchev–Trinajstić information content (AvgIpc) is 2.94. The smallest absolute Gasteiger partial charge is 0.416 e. The topological polar surface area (TPSA) is 53.4 Å². The van der Waals surface area contributed by atoms with E-state index in [0.717, 1.165) is 12.1 Å². The minimum absolute atomic E-state index is 0.0392. The molecule has 0 radical (unpaired) electrons. The molecule has 0 saturated carbocycles. The van der Waals surface area contributed by atoms with Crippen LogP contribution < -0.4 is 0 Å². The van der Waals surface area contributed by atoms with E-state index in [2.05, 4.69) is 4.98 Å². The number of carboxylic acids is 1. The summed E-state index contributed by atoms with van der Waals surface area (Å²) < 4.78 is 37.7. The fourth-order valence-corrected chi connectivity index (χ4v) is 2.93. The van der Waals surface area contributed by atoms with Gasteiger partial charge in [-0.3, -0.25) is 9.69 Å². The molecule has 0 aliphatic carbocycles. The number of carbonyl (C=O) groups is 1. The first kappa shape index (κ1) is 18.4. The van der Waals surface area contributed by atoms with Crippen molar-refractivity contribution in [2.45, 2.75) is 32.6 Å². The van der Waals surface area contributed by atoms with Gasteiger partial charge in [0.05, 0.1) is 17.8 Å². The van der Waals surface area contributed by atoms with Gasteiger partial charge >= 0.3 is 12.1 Å². The van der Waals surface area contributed by atoms with E-state index in [1.54, 1.807) is 10.3 Å². The molecule has 24 heavy (non-hydrogen) atoms. The first-order valence-electron chi connectivity index (χ1n) is 7.24. The summed E-state index contributed by atoms with van der Waals surface area (Å²) in [7, 11) is 0. The van der Waals surface area contributed by atoms with E-state index in [9.17, 15) is 18.0 Å². The van der Waals surface area contributed by atoms with E-state index in [1.807, 2.05) is 13.8 Å². The Morgan fingerprint density at radius 1 is 1.29 bits per heavy atom. The highest BCUT2D eigenvalue weighted by molar-refractivity contribution is 7.13. The maximum absolute atomic E-state index is 12.6. The fourth-order valence-electron chi connectivity index (χ4n) is 2.12. The molecule has 1 N–H and O–H groups in total. The van der Waals surface area contributed by atoms with Crippen LogP contribution in [-0.4, -0.2) is 33.5 Å². The molecule has 0 unspecified atom stereocenters. The Balaban J connectivity index is 2.13. The number of aliphatic carboxylic acids is 1. The summed E-state index contributed by atoms with van der Waals surface area (Å²) in [6.07, 6.45) is -4.36. The number of nitrogens with zero attached hydrogens (tertiary/aromatic N) is 2. The quantitative estimate of drug-likeness (QED) is 0.844. The molecule has 1 aromatic carbocycles. The molecule has 0 bridgehead atoms. The van der Waals surface area contributed by atoms with Crippen LogP contribution in [0.25, 0.3) is 10.6 Å². The molecular formula is C16H17F3N2O2S. The molecule has 2 rings (SSSR count). The van der Waals surface area contributed by atoms with Crippen LogP contribution in [0.15, 0.2) is 29.6 Å². The molecule has 8 heteroatoms. The van der Waals surface area contributed by atoms with Gasteiger partial charge in [-0.15, -0.1) is 11.3 Å². The lowest BCUT2D eigenvalue weighted by Gasteiger charge is -2.23. The van der Waals surface area contributed by atoms with Crippen LogP contribution in [0.2, 0.25) is 0 Å². The Labute approximate surface area is 141 Å². The molecule has 0 saturated heterocycles. The lowest BCUT2D eigenvalue weighted by atomic mass is 10.1. The van der Waals surface area contributed by atoms with Crippen LogP contribution in [0.3, 0.4) is 0 Å². The third kappa shape index (κ3) is 4.78. The summed E-state index contributed by atoms with van der Waals surface area (Å²) in [5.74, 6) is -0.915. The summed E-state index contributed by atoms with van der Waals surface area (Å²) in [5.41, 5.74) is 0.605. The lowest BCUT2D eigenvalue weighted by molar-refractivity contribution is -0.139. The number of alkyl halides is 3. The molecule has 0 fully saturated rings. The Morgan fingerprint density at radius 2 is 1.92 bits per heavy atom. The maximum Gasteiger partial charge on any atom is 0.416 e. The summed E-state index contributed by atoms with van der Waals surface area (Å²) >= 11 is 1.32. The second kappa shape index (κ2) is 7.31. The van der Waals surface area contributed by atoms with Gasteiger partial charge in [-0.05, 0) is 26.0 Å². The van der Waals surface area contributed by atoms with Crippen molar-refractivity contribution in [3.63, 3.8) is 0 Å². The van der Waals surface area contributed by atoms with Crippen molar-refractivity contribution in [1.29, 1.82) is 0 Å². The van der Waals surface area contributed by atoms with Crippen molar-refractivity contribution < 1.29 is 23.1 Å². The van der Waals surface area contributed by atoms with E-state index in [-0.39, 0.29) is 12.6 Å². The van der Waals surface area contributed by atoms with Crippen molar-refractivity contribution in [3.8, 4) is 10.6 Å². The zero-order valence-electron chi connectivity index (χ0n) is 13.2. The molecule has 0 atom stereocenters. The van der Waals surface area contributed by atoms with Crippen LogP contribution in [0.5, 0.6) is 0 Å². The van der Waals surface area contributed by atoms with Crippen molar-refractivity contribution in [2.24, 2.45) is 0 Å². The van der Waals surface area contributed by atoms with Crippen molar-refractivity contribution in [2.75, 3.05) is 6.54 Å². The molecule has 0 aliphatic heterocycles. The number of halogens is 3. The first-order chi connectivity index (χ1) is 11.2. The molecule has 1 heterocycles. The van der Waals surface area contributed by atoms with Crippen molar-refractivity contribution in [3.05, 3.63) is 40.9 Å². The Bertz CT molecular complexity index is 696. The van der Waals surface area contributed by atoms with Crippen LogP contribution in [-0.2, 0) is 17.5 Å². The summed E-state index contributed by atoms with van der Waals surface area (Å²) in [6, 6.07) is 4.88. The van der Waals surface area contributed by atoms with Gasteiger partial charge in [0.2, 0.25) is 0 Å². The molecule has 130 valence electrons. The SMILES string of the molecule is CC(C)N(CC(=O)O)Cc1csc(-c2ccc(C(F)(F)F)cc2)n1. The Hall–Kier alpha value is -1.93. The minimum atomic E-state index is -4.36. The van der Waals surface area contributed by atoms with E-state index < -0.39 is 17.7 Å². The second-order valence-electron chi connectivity index (χ2n) is 5.61. The third-order valence-electron chi connectivity index (χ3n) is 3.44. The number of carboxylic acid groups (broad SMARTS) is 1. The monoisotopic (exact) mass is 358 g/mol. The lowest BCUT2D eigenvalue weighted by Crippen LogP contribution is -2.35. The largest absolute Gasteiger partial charge is 0.480 e. The highest BCUT2D eigenvalue weighted by Gasteiger charge is 2.30. The highest BCUT2D eigenvalue weighted by Crippen LogP contribution is 2.31. The van der Waals surface area contributed by atoms with Crippen LogP contribution in [0.4, 0.5) is 13.2 Å². The third-order valence-corrected chi connectivity index (χ3v) is 4.38. The van der Waals surface area contributed by atoms with Gasteiger partial charge in [-0.2, -0.15) is 13.2 Å². The van der Waals surface area contributed by atoms with Gasteiger partial charge in [0.25, 0.3) is 0 Å². The van der Waals surface area contributed by atoms with E-state index in [4.69, 9.17) is 5.11 Å². The molecule has 2 aromatic rings. The number of aromatic nitrogens is 1. The number of rotatable bonds is 6. The van der Waals surface area contributed by atoms with Crippen molar-refractivity contribution in [1.82, 2.24) is 9.88 Å². The predicted molar refractivity (Wildman–Crippen MR) is 85.7 cm³/mol. The van der Waals surface area contributed by atoms with Crippen LogP contribution >= 0.6 is 11.3 Å². The number of hydrogen-bond donors (Lipinski definition) is 1. The molecule has 0 amide bonds. The molecule has 1 aromatic heterocycles. The molecule has 0 spiro atoms. The zero-order chi connectivity index (χ0) is 17.9. The van der Waals surface area contributed by atoms with Gasteiger partial charge in [-0.1, -0.05) is 12.1 Å². The fraction of sp³-hybridized carbons (Fsp3) is 0.375. The van der Waals surface area contributed by atoms with Crippen molar-refractivity contribution >= 4 is 17.3 Å². The van der Waals surface area contributed by atoms with Crippen LogP contribution in [0, 0.1) is 0 Å². The summed E-state index contributed by atoms with van der Waals surface area (Å²) in [5, 5.41) is 11.3. The molecular weight excluding hydrogens is 341 g/mol. The summed E-state index contributed by atoms with van der Waals surface area (Å²) in [4.78, 5) is 17.1. The number of hydrogen-bond acceptors (Lipinski definition) is 4. The minimum Gasteiger partial charge on any atom is -0.480 e. The van der Waals surface area contributed by atoms with Gasteiger partial charge in [0, 0.05) is 23.5 Å². The number of benzene rings is 1. The van der Waals surface area contributed by atoms with Gasteiger partial charge < -0.3 is 5.11 Å². The Kier molecular flexibility index (Phi) is 5.61. The highest BCUT2D eigenvalue weighted by atomic mass is 32.1. The predicted octanol–water partition coefficient (Wildman–Crippen LogP) is 4.12. The summed E-state index contributed by atoms with van der Waals surface area (Å²) in [6.45, 7) is 4.07. The van der Waals surface area contributed by atoms with E-state index in [0.29, 0.717) is 22.8 Å². The Morgan fingerprint density at radius 3 is 2.42 bits per heavy atom. The first-order valence-corrected chi connectivity index (χ1v) is 8.12. The van der Waals surface area contributed by atoms with Gasteiger partial charge in [0.1, 0.15) is 5.01 Å². The zero-order valence-corrected chi connectivity index (χ0v) is 14.0. The molecule has 4 nitrogen and oxygen atoms in total. The maximum atomic E-state index is 12.6. The average molecular weight is 358 g/mol. The van der Waals surface area contributed by atoms with Gasteiger partial charge in [-0.25, -0.2) is 4.98 Å². The standard InChI is InChI=1S/C16H17F3N2O2S/c1-10(2)21(8-14(22)23)7-13-9-24-15(20-13)11-3-5-12(6-4-11)16(17,18)19/h3-6,9-10H,7-8H2,1-2H3,(H,22,23). The van der Waals surface area contributed by atoms with E-state index in [1.165, 1.54) is 23.5 Å². The van der Waals surface area contributed by atoms with E-state index >= 15 is 0 Å². The number of thiazole rings is 1. The second-order valence-corrected chi connectivity index (χ2v) is 6.47.